The summed E-state index contributed by atoms with van der Waals surface area (Å²) in [5, 5.41) is 50.6. The van der Waals surface area contributed by atoms with Gasteiger partial charge in [-0.3, -0.25) is 9.59 Å². The van der Waals surface area contributed by atoms with Gasteiger partial charge in [0.25, 0.3) is 0 Å². The molecule has 4 atom stereocenters. The molecule has 5 aliphatic rings. The van der Waals surface area contributed by atoms with Gasteiger partial charge in [0.15, 0.2) is 23.0 Å². The van der Waals surface area contributed by atoms with Crippen LogP contribution in [0.2, 0.25) is 0 Å². The highest BCUT2D eigenvalue weighted by Gasteiger charge is 2.48. The Labute approximate surface area is 358 Å². The maximum Gasteiger partial charge on any atom is 0.231 e. The molecule has 0 amide bonds. The third kappa shape index (κ3) is 8.87. The van der Waals surface area contributed by atoms with Crippen LogP contribution in [-0.2, 0) is 9.47 Å². The molecule has 4 unspecified atom stereocenters. The lowest BCUT2D eigenvalue weighted by molar-refractivity contribution is 0.0192. The SMILES string of the molecule is Cl.Cl.O=C1c2c(O)ccc(O)c2C(=O)c2c(NCCNCCO)ccc(NCCNCCO)c21.c1cc2c(cc1C1OCC3C(c4ccc5c(c4)OCO5)OCC13)OCO2. The zero-order chi connectivity index (χ0) is 40.2. The van der Waals surface area contributed by atoms with Crippen molar-refractivity contribution in [3.05, 3.63) is 94.0 Å². The molecule has 0 saturated carbocycles. The molecule has 4 aliphatic heterocycles. The number of rotatable bonds is 14. The number of ether oxygens (including phenoxy) is 6. The minimum Gasteiger partial charge on any atom is -0.507 e. The number of fused-ring (bicyclic) bond motifs is 5. The largest absolute Gasteiger partial charge is 0.507 e. The van der Waals surface area contributed by atoms with Gasteiger partial charge < -0.3 is 70.1 Å². The smallest absolute Gasteiger partial charge is 0.231 e. The highest BCUT2D eigenvalue weighted by molar-refractivity contribution is 6.33. The second kappa shape index (κ2) is 20.0. The van der Waals surface area contributed by atoms with E-state index in [2.05, 4.69) is 33.4 Å². The van der Waals surface area contributed by atoms with Gasteiger partial charge in [0.2, 0.25) is 25.2 Å². The van der Waals surface area contributed by atoms with Gasteiger partial charge in [0, 0.05) is 62.5 Å². The second-order valence-electron chi connectivity index (χ2n) is 14.3. The van der Waals surface area contributed by atoms with Crippen molar-refractivity contribution < 1.29 is 58.4 Å². The molecule has 4 heterocycles. The number of carbonyl (C=O) groups excluding carboxylic acids is 2. The van der Waals surface area contributed by atoms with Gasteiger partial charge in [-0.05, 0) is 59.7 Å². The first-order valence-corrected chi connectivity index (χ1v) is 19.3. The van der Waals surface area contributed by atoms with Gasteiger partial charge in [-0.25, -0.2) is 0 Å². The molecule has 16 nitrogen and oxygen atoms in total. The Morgan fingerprint density at radius 1 is 0.517 bits per heavy atom. The molecule has 0 bridgehead atoms. The number of aromatic hydroxyl groups is 2. The van der Waals surface area contributed by atoms with Crippen LogP contribution < -0.4 is 40.2 Å². The van der Waals surface area contributed by atoms with Crippen LogP contribution in [0.15, 0.2) is 60.7 Å². The quantitative estimate of drug-likeness (QED) is 0.0586. The summed E-state index contributed by atoms with van der Waals surface area (Å²) >= 11 is 0. The third-order valence-corrected chi connectivity index (χ3v) is 10.8. The van der Waals surface area contributed by atoms with Crippen LogP contribution in [-0.4, -0.2) is 111 Å². The van der Waals surface area contributed by atoms with Gasteiger partial charge in [0.05, 0.1) is 60.9 Å². The molecule has 8 N–H and O–H groups in total. The molecule has 0 spiro atoms. The van der Waals surface area contributed by atoms with Crippen molar-refractivity contribution in [1.29, 1.82) is 0 Å². The van der Waals surface area contributed by atoms with Gasteiger partial charge in [-0.15, -0.1) is 24.8 Å². The zero-order valence-corrected chi connectivity index (χ0v) is 34.1. The van der Waals surface area contributed by atoms with E-state index in [4.69, 9.17) is 38.6 Å². The normalized spacial score (nSPS) is 19.9. The number of aliphatic hydroxyl groups excluding tert-OH is 2. The lowest BCUT2D eigenvalue weighted by Gasteiger charge is -2.25. The summed E-state index contributed by atoms with van der Waals surface area (Å²) in [6, 6.07) is 17.8. The van der Waals surface area contributed by atoms with Gasteiger partial charge in [-0.2, -0.15) is 0 Å². The molecule has 18 heteroatoms. The van der Waals surface area contributed by atoms with E-state index in [1.807, 2.05) is 24.3 Å². The number of phenolic OH excluding ortho intramolecular Hbond substituents is 2. The average Bonchev–Trinajstić information content (AvgIpc) is 4.06. The summed E-state index contributed by atoms with van der Waals surface area (Å²) in [4.78, 5) is 26.7. The third-order valence-electron chi connectivity index (χ3n) is 10.8. The van der Waals surface area contributed by atoms with E-state index in [1.165, 1.54) is 12.1 Å². The lowest BCUT2D eigenvalue weighted by Crippen LogP contribution is -2.28. The number of ketones is 2. The van der Waals surface area contributed by atoms with E-state index in [0.29, 0.717) is 75.7 Å². The predicted octanol–water partition coefficient (Wildman–Crippen LogP) is 3.92. The van der Waals surface area contributed by atoms with Crippen LogP contribution in [0, 0.1) is 11.8 Å². The summed E-state index contributed by atoms with van der Waals surface area (Å²) in [5.41, 5.74) is 2.92. The molecular formula is C42H48Cl2N4O12. The fourth-order valence-corrected chi connectivity index (χ4v) is 8.05. The summed E-state index contributed by atoms with van der Waals surface area (Å²) < 4.78 is 34.2. The van der Waals surface area contributed by atoms with Crippen LogP contribution >= 0.6 is 24.8 Å². The molecule has 9 rings (SSSR count). The first-order valence-electron chi connectivity index (χ1n) is 19.3. The molecule has 322 valence electrons. The number of aliphatic hydroxyl groups is 2. The van der Waals surface area contributed by atoms with Crippen LogP contribution in [0.3, 0.4) is 0 Å². The maximum absolute atomic E-state index is 13.4. The van der Waals surface area contributed by atoms with Crippen LogP contribution in [0.4, 0.5) is 11.4 Å². The summed E-state index contributed by atoms with van der Waals surface area (Å²) in [6.07, 6.45) is 0.0435. The van der Waals surface area contributed by atoms with E-state index in [0.717, 1.165) is 34.1 Å². The Bertz CT molecular complexity index is 2030. The van der Waals surface area contributed by atoms with Gasteiger partial charge >= 0.3 is 0 Å². The first kappa shape index (κ1) is 44.5. The van der Waals surface area contributed by atoms with E-state index in [-0.39, 0.29) is 97.6 Å². The number of benzene rings is 4. The van der Waals surface area contributed by atoms with E-state index in [1.54, 1.807) is 12.1 Å². The van der Waals surface area contributed by atoms with Crippen LogP contribution in [0.25, 0.3) is 0 Å². The number of hydrogen-bond acceptors (Lipinski definition) is 16. The Kier molecular flexibility index (Phi) is 14.8. The fourth-order valence-electron chi connectivity index (χ4n) is 8.05. The number of hydrogen-bond donors (Lipinski definition) is 8. The summed E-state index contributed by atoms with van der Waals surface area (Å²) in [6.45, 7) is 4.74. The van der Waals surface area contributed by atoms with Gasteiger partial charge in [0.1, 0.15) is 11.5 Å². The molecule has 60 heavy (non-hydrogen) atoms. The molecule has 4 aromatic carbocycles. The number of nitrogens with one attached hydrogen (secondary N) is 4. The molecule has 2 fully saturated rings. The molecule has 4 aromatic rings. The minimum atomic E-state index is -0.559. The highest BCUT2D eigenvalue weighted by atomic mass is 35.5. The Morgan fingerprint density at radius 2 is 0.933 bits per heavy atom. The number of anilines is 2. The highest BCUT2D eigenvalue weighted by Crippen LogP contribution is 2.52. The maximum atomic E-state index is 13.4. The van der Waals surface area contributed by atoms with Crippen molar-refractivity contribution in [2.24, 2.45) is 11.8 Å². The number of carbonyl (C=O) groups is 2. The average molecular weight is 872 g/mol. The Morgan fingerprint density at radius 3 is 1.35 bits per heavy atom. The topological polar surface area (TPSA) is 219 Å². The van der Waals surface area contributed by atoms with E-state index >= 15 is 0 Å². The Hall–Kier alpha value is -5.04. The zero-order valence-electron chi connectivity index (χ0n) is 32.4. The minimum absolute atomic E-state index is 0. The Balaban J connectivity index is 0.000000197. The first-order chi connectivity index (χ1) is 28.4. The van der Waals surface area contributed by atoms with Crippen molar-refractivity contribution in [3.63, 3.8) is 0 Å². The van der Waals surface area contributed by atoms with Crippen molar-refractivity contribution >= 4 is 47.8 Å². The second-order valence-corrected chi connectivity index (χ2v) is 14.3. The fraction of sp³-hybridized carbons (Fsp3) is 0.381. The number of phenols is 2. The summed E-state index contributed by atoms with van der Waals surface area (Å²) in [7, 11) is 0. The summed E-state index contributed by atoms with van der Waals surface area (Å²) in [5.74, 6) is 1.96. The lowest BCUT2D eigenvalue weighted by atomic mass is 9.81. The van der Waals surface area contributed by atoms with Crippen LogP contribution in [0.5, 0.6) is 34.5 Å². The van der Waals surface area contributed by atoms with E-state index in [9.17, 15) is 19.8 Å². The van der Waals surface area contributed by atoms with Crippen molar-refractivity contribution in [1.82, 2.24) is 10.6 Å². The molecule has 0 radical (unpaired) electrons. The van der Waals surface area contributed by atoms with E-state index < -0.39 is 11.6 Å². The van der Waals surface area contributed by atoms with Crippen molar-refractivity contribution in [3.8, 4) is 34.5 Å². The van der Waals surface area contributed by atoms with Crippen molar-refractivity contribution in [2.45, 2.75) is 12.2 Å². The predicted molar refractivity (Wildman–Crippen MR) is 224 cm³/mol. The van der Waals surface area contributed by atoms with Crippen molar-refractivity contribution in [2.75, 3.05) is 89.9 Å². The molecule has 2 saturated heterocycles. The number of halogens is 2. The molecule has 1 aliphatic carbocycles. The van der Waals surface area contributed by atoms with Gasteiger partial charge in [-0.1, -0.05) is 12.1 Å². The molecule has 0 aromatic heterocycles. The van der Waals surface area contributed by atoms with Crippen LogP contribution in [0.1, 0.15) is 55.2 Å². The monoisotopic (exact) mass is 870 g/mol. The molecular weight excluding hydrogens is 823 g/mol. The standard InChI is InChI=1S/C22H28N4O6.C20H18O6.2ClH/c27-11-9-23-5-7-25-13-1-2-14(26-8-6-24-10-12-28)18-17(13)21(31)19-15(29)3-4-16(30)20(19)22(18)32;1-3-15-17(25-9-23-15)5-11(1)19-13-7-22-20(14(13)8-21-19)12-2-4-16-18(6-12)26-10-24-16;;/h1-4,23-30H,5-12H2;1-6,13-14,19-20H,7-10H2;2*1H.